The van der Waals surface area contributed by atoms with E-state index in [4.69, 9.17) is 9.84 Å². The highest BCUT2D eigenvalue weighted by atomic mass is 32.2. The van der Waals surface area contributed by atoms with E-state index in [0.29, 0.717) is 12.2 Å². The highest BCUT2D eigenvalue weighted by molar-refractivity contribution is 7.89. The summed E-state index contributed by atoms with van der Waals surface area (Å²) in [6, 6.07) is 1.44. The van der Waals surface area contributed by atoms with Crippen LogP contribution in [0.3, 0.4) is 0 Å². The van der Waals surface area contributed by atoms with Crippen LogP contribution < -0.4 is 0 Å². The summed E-state index contributed by atoms with van der Waals surface area (Å²) in [6.07, 6.45) is 2.78. The van der Waals surface area contributed by atoms with Crippen LogP contribution in [0.15, 0.2) is 23.4 Å². The number of aromatic nitrogens is 1. The predicted molar refractivity (Wildman–Crippen MR) is 79.1 cm³/mol. The third-order valence-electron chi connectivity index (χ3n) is 2.59. The topological polar surface area (TPSA) is 79.7 Å². The Bertz CT molecular complexity index is 617. The van der Waals surface area contributed by atoms with Gasteiger partial charge in [-0.1, -0.05) is 11.8 Å². The van der Waals surface area contributed by atoms with Gasteiger partial charge in [0.25, 0.3) is 0 Å². The Morgan fingerprint density at radius 1 is 1.43 bits per heavy atom. The molecular weight excluding hydrogens is 292 g/mol. The molecule has 1 aromatic rings. The number of aliphatic hydroxyl groups is 1. The lowest BCUT2D eigenvalue weighted by Crippen LogP contribution is -2.31. The first-order valence-corrected chi connectivity index (χ1v) is 7.94. The fourth-order valence-electron chi connectivity index (χ4n) is 1.49. The Morgan fingerprint density at radius 2 is 2.14 bits per heavy atom. The average molecular weight is 312 g/mol. The van der Waals surface area contributed by atoms with Gasteiger partial charge in [-0.25, -0.2) is 8.42 Å². The summed E-state index contributed by atoms with van der Waals surface area (Å²) < 4.78 is 31.3. The summed E-state index contributed by atoms with van der Waals surface area (Å²) in [5.74, 6) is 5.09. The van der Waals surface area contributed by atoms with Gasteiger partial charge in [-0.2, -0.15) is 4.31 Å². The van der Waals surface area contributed by atoms with Gasteiger partial charge in [0, 0.05) is 31.5 Å². The van der Waals surface area contributed by atoms with Crippen LogP contribution in [0.25, 0.3) is 0 Å². The number of nitrogens with zero attached hydrogens (tertiary/aromatic N) is 2. The van der Waals surface area contributed by atoms with Crippen molar-refractivity contribution < 1.29 is 18.3 Å². The summed E-state index contributed by atoms with van der Waals surface area (Å²) in [4.78, 5) is 3.94. The quantitative estimate of drug-likeness (QED) is 0.773. The third kappa shape index (κ3) is 5.44. The third-order valence-corrected chi connectivity index (χ3v) is 4.41. The SMILES string of the molecule is CC(C)OCCN(C)S(=O)(=O)c1cncc(C#CCO)c1. The summed E-state index contributed by atoms with van der Waals surface area (Å²) in [5.41, 5.74) is 0.442. The van der Waals surface area contributed by atoms with Crippen LogP contribution in [0.5, 0.6) is 0 Å². The molecule has 1 rings (SSSR count). The Labute approximate surface area is 125 Å². The maximum absolute atomic E-state index is 12.4. The molecule has 0 unspecified atom stereocenters. The minimum absolute atomic E-state index is 0.0554. The van der Waals surface area contributed by atoms with E-state index < -0.39 is 10.0 Å². The highest BCUT2D eigenvalue weighted by Crippen LogP contribution is 2.14. The van der Waals surface area contributed by atoms with E-state index in [2.05, 4.69) is 16.8 Å². The van der Waals surface area contributed by atoms with Gasteiger partial charge in [-0.15, -0.1) is 0 Å². The zero-order valence-corrected chi connectivity index (χ0v) is 13.2. The van der Waals surface area contributed by atoms with Crippen LogP contribution in [0.2, 0.25) is 0 Å². The molecule has 0 radical (unpaired) electrons. The lowest BCUT2D eigenvalue weighted by atomic mass is 10.3. The molecular formula is C14H20N2O4S. The number of pyridine rings is 1. The van der Waals surface area contributed by atoms with Crippen molar-refractivity contribution in [2.24, 2.45) is 0 Å². The fourth-order valence-corrected chi connectivity index (χ4v) is 2.63. The monoisotopic (exact) mass is 312 g/mol. The van der Waals surface area contributed by atoms with E-state index >= 15 is 0 Å². The van der Waals surface area contributed by atoms with Gasteiger partial charge in [0.05, 0.1) is 12.7 Å². The highest BCUT2D eigenvalue weighted by Gasteiger charge is 2.21. The van der Waals surface area contributed by atoms with Gasteiger partial charge >= 0.3 is 0 Å². The van der Waals surface area contributed by atoms with Gasteiger partial charge in [-0.3, -0.25) is 4.98 Å². The van der Waals surface area contributed by atoms with Crippen LogP contribution in [-0.2, 0) is 14.8 Å². The number of likely N-dealkylation sites (N-methyl/N-ethyl adjacent to an activating group) is 1. The molecule has 0 aromatic carbocycles. The lowest BCUT2D eigenvalue weighted by Gasteiger charge is -2.18. The largest absolute Gasteiger partial charge is 0.384 e. The molecule has 21 heavy (non-hydrogen) atoms. The molecule has 0 fully saturated rings. The molecule has 0 saturated heterocycles. The van der Waals surface area contributed by atoms with Crippen molar-refractivity contribution in [3.8, 4) is 11.8 Å². The molecule has 1 heterocycles. The van der Waals surface area contributed by atoms with Crippen LogP contribution in [-0.4, -0.2) is 55.7 Å². The standard InChI is InChI=1S/C14H20N2O4S/c1-12(2)20-8-6-16(3)21(18,19)14-9-13(5-4-7-17)10-15-11-14/h9-12,17H,6-8H2,1-3H3. The summed E-state index contributed by atoms with van der Waals surface area (Å²) in [7, 11) is -2.13. The van der Waals surface area contributed by atoms with Gasteiger partial charge in [0.2, 0.25) is 10.0 Å². The number of hydrogen-bond donors (Lipinski definition) is 1. The predicted octanol–water partition coefficient (Wildman–Crippen LogP) is 0.471. The van der Waals surface area contributed by atoms with Crippen LogP contribution >= 0.6 is 0 Å². The second-order valence-corrected chi connectivity index (χ2v) is 6.66. The van der Waals surface area contributed by atoms with Crippen LogP contribution in [0.1, 0.15) is 19.4 Å². The molecule has 0 aliphatic carbocycles. The van der Waals surface area contributed by atoms with Gasteiger partial charge in [-0.05, 0) is 19.9 Å². The minimum Gasteiger partial charge on any atom is -0.384 e. The smallest absolute Gasteiger partial charge is 0.244 e. The number of ether oxygens (including phenoxy) is 1. The number of rotatable bonds is 6. The average Bonchev–Trinajstić information content (AvgIpc) is 2.44. The Kier molecular flexibility index (Phi) is 6.78. The molecule has 0 amide bonds. The zero-order valence-electron chi connectivity index (χ0n) is 12.4. The molecule has 7 heteroatoms. The molecule has 0 atom stereocenters. The van der Waals surface area contributed by atoms with E-state index in [1.807, 2.05) is 13.8 Å². The van der Waals surface area contributed by atoms with E-state index in [1.54, 1.807) is 0 Å². The summed E-state index contributed by atoms with van der Waals surface area (Å²) in [5, 5.41) is 8.65. The number of aliphatic hydroxyl groups excluding tert-OH is 1. The Balaban J connectivity index is 2.86. The van der Waals surface area contributed by atoms with Gasteiger partial charge < -0.3 is 9.84 Å². The van der Waals surface area contributed by atoms with Gasteiger partial charge in [0.1, 0.15) is 11.5 Å². The van der Waals surface area contributed by atoms with Crippen molar-refractivity contribution in [3.05, 3.63) is 24.0 Å². The first-order chi connectivity index (χ1) is 9.87. The maximum atomic E-state index is 12.4. The molecule has 0 aliphatic heterocycles. The molecule has 6 nitrogen and oxygen atoms in total. The van der Waals surface area contributed by atoms with Crippen molar-refractivity contribution in [2.75, 3.05) is 26.8 Å². The molecule has 1 aromatic heterocycles. The van der Waals surface area contributed by atoms with Crippen molar-refractivity contribution >= 4 is 10.0 Å². The molecule has 0 saturated carbocycles. The van der Waals surface area contributed by atoms with E-state index in [1.165, 1.54) is 29.8 Å². The number of sulfonamides is 1. The summed E-state index contributed by atoms with van der Waals surface area (Å²) in [6.45, 7) is 4.07. The lowest BCUT2D eigenvalue weighted by molar-refractivity contribution is 0.0737. The van der Waals surface area contributed by atoms with Crippen LogP contribution in [0.4, 0.5) is 0 Å². The zero-order chi connectivity index (χ0) is 15.9. The van der Waals surface area contributed by atoms with E-state index in [-0.39, 0.29) is 24.2 Å². The molecule has 1 N–H and O–H groups in total. The molecule has 0 bridgehead atoms. The van der Waals surface area contributed by atoms with E-state index in [9.17, 15) is 8.42 Å². The first-order valence-electron chi connectivity index (χ1n) is 6.50. The molecule has 116 valence electrons. The second kappa shape index (κ2) is 8.10. The van der Waals surface area contributed by atoms with Crippen molar-refractivity contribution in [1.29, 1.82) is 0 Å². The minimum atomic E-state index is -3.62. The molecule has 0 spiro atoms. The Hall–Kier alpha value is -1.46. The number of hydrogen-bond acceptors (Lipinski definition) is 5. The fraction of sp³-hybridized carbons (Fsp3) is 0.500. The van der Waals surface area contributed by atoms with Gasteiger partial charge in [0.15, 0.2) is 0 Å². The normalized spacial score (nSPS) is 11.5. The van der Waals surface area contributed by atoms with Crippen molar-refractivity contribution in [1.82, 2.24) is 9.29 Å². The van der Waals surface area contributed by atoms with Crippen LogP contribution in [0, 0.1) is 11.8 Å². The van der Waals surface area contributed by atoms with Crippen molar-refractivity contribution in [2.45, 2.75) is 24.8 Å². The van der Waals surface area contributed by atoms with Crippen molar-refractivity contribution in [3.63, 3.8) is 0 Å². The maximum Gasteiger partial charge on any atom is 0.244 e. The first kappa shape index (κ1) is 17.6. The second-order valence-electron chi connectivity index (χ2n) is 4.62. The summed E-state index contributed by atoms with van der Waals surface area (Å²) >= 11 is 0. The molecule has 0 aliphatic rings. The Morgan fingerprint density at radius 3 is 2.76 bits per heavy atom. The van der Waals surface area contributed by atoms with E-state index in [0.717, 1.165) is 0 Å².